The summed E-state index contributed by atoms with van der Waals surface area (Å²) in [6, 6.07) is 18.9. The smallest absolute Gasteiger partial charge is 0.236 e. The van der Waals surface area contributed by atoms with Gasteiger partial charge in [0.25, 0.3) is 0 Å². The van der Waals surface area contributed by atoms with E-state index >= 15 is 0 Å². The fraction of sp³-hybridized carbons (Fsp3) is 0.391. The number of nitrogens with zero attached hydrogens (tertiary/aromatic N) is 3. The maximum Gasteiger partial charge on any atom is 0.236 e. The highest BCUT2D eigenvalue weighted by Gasteiger charge is 2.38. The van der Waals surface area contributed by atoms with Crippen molar-refractivity contribution in [2.45, 2.75) is 18.4 Å². The zero-order valence-corrected chi connectivity index (χ0v) is 18.7. The number of carbonyl (C=O) groups excluding carboxylic acids is 1. The largest absolute Gasteiger partial charge is 0.339 e. The number of likely N-dealkylation sites (N-methyl/N-ethyl adjacent to an activating group) is 1. The molecule has 7 heteroatoms. The van der Waals surface area contributed by atoms with Crippen molar-refractivity contribution in [3.63, 3.8) is 0 Å². The fourth-order valence-corrected chi connectivity index (χ4v) is 3.84. The number of nitrogens with one attached hydrogen (secondary N) is 1. The van der Waals surface area contributed by atoms with Gasteiger partial charge < -0.3 is 15.1 Å². The lowest BCUT2D eigenvalue weighted by Crippen LogP contribution is -2.49. The summed E-state index contributed by atoms with van der Waals surface area (Å²) in [5.74, 6) is 0.713. The first-order chi connectivity index (χ1) is 13.6. The van der Waals surface area contributed by atoms with Gasteiger partial charge in [0.2, 0.25) is 5.91 Å². The van der Waals surface area contributed by atoms with E-state index in [2.05, 4.69) is 47.6 Å². The molecule has 0 aromatic heterocycles. The zero-order chi connectivity index (χ0) is 19.5. The third kappa shape index (κ3) is 5.74. The fourth-order valence-electron chi connectivity index (χ4n) is 3.84. The molecule has 4 rings (SSSR count). The van der Waals surface area contributed by atoms with E-state index < -0.39 is 0 Å². The minimum atomic E-state index is 0. The van der Waals surface area contributed by atoms with E-state index in [9.17, 15) is 4.79 Å². The van der Waals surface area contributed by atoms with Crippen molar-refractivity contribution in [2.24, 2.45) is 0 Å². The van der Waals surface area contributed by atoms with Crippen molar-refractivity contribution in [3.05, 3.63) is 59.7 Å². The van der Waals surface area contributed by atoms with Crippen LogP contribution in [0.25, 0.3) is 11.1 Å². The molecule has 1 aliphatic carbocycles. The highest BCUT2D eigenvalue weighted by molar-refractivity contribution is 5.85. The number of piperazine rings is 1. The molecule has 1 amide bonds. The summed E-state index contributed by atoms with van der Waals surface area (Å²) >= 11 is 0. The second kappa shape index (κ2) is 10.8. The van der Waals surface area contributed by atoms with Crippen LogP contribution in [0.5, 0.6) is 0 Å². The van der Waals surface area contributed by atoms with Crippen LogP contribution in [-0.4, -0.2) is 61.5 Å². The summed E-state index contributed by atoms with van der Waals surface area (Å²) in [4.78, 5) is 16.6. The van der Waals surface area contributed by atoms with E-state index in [1.165, 1.54) is 5.56 Å². The molecule has 2 aromatic carbocycles. The van der Waals surface area contributed by atoms with Crippen molar-refractivity contribution >= 4 is 30.7 Å². The van der Waals surface area contributed by atoms with Gasteiger partial charge in [0.15, 0.2) is 0 Å². The average Bonchev–Trinajstić information content (AvgIpc) is 3.52. The maximum atomic E-state index is 12.4. The summed E-state index contributed by atoms with van der Waals surface area (Å²) in [6.45, 7) is 4.03. The third-order valence-corrected chi connectivity index (χ3v) is 5.85. The van der Waals surface area contributed by atoms with Crippen molar-refractivity contribution < 1.29 is 4.79 Å². The SMILES string of the molecule is CN1CCN(C(=O)CN[C@H]2CC2c2ccc(-c3ccc(C#N)cc3)cc2)CC1.Cl.Cl. The van der Waals surface area contributed by atoms with Crippen molar-refractivity contribution in [3.8, 4) is 17.2 Å². The van der Waals surface area contributed by atoms with Gasteiger partial charge >= 0.3 is 0 Å². The molecule has 0 bridgehead atoms. The van der Waals surface area contributed by atoms with Crippen molar-refractivity contribution in [1.29, 1.82) is 5.26 Å². The molecule has 160 valence electrons. The van der Waals surface area contributed by atoms with E-state index in [4.69, 9.17) is 5.26 Å². The Kier molecular flexibility index (Phi) is 8.69. The van der Waals surface area contributed by atoms with Crippen LogP contribution in [0.2, 0.25) is 0 Å². The topological polar surface area (TPSA) is 59.4 Å². The van der Waals surface area contributed by atoms with Crippen LogP contribution in [0.15, 0.2) is 48.5 Å². The van der Waals surface area contributed by atoms with E-state index in [-0.39, 0.29) is 30.7 Å². The van der Waals surface area contributed by atoms with E-state index in [0.717, 1.165) is 43.7 Å². The number of benzene rings is 2. The minimum absolute atomic E-state index is 0. The molecule has 0 spiro atoms. The highest BCUT2D eigenvalue weighted by Crippen LogP contribution is 2.41. The molecule has 1 N–H and O–H groups in total. The van der Waals surface area contributed by atoms with Crippen LogP contribution < -0.4 is 5.32 Å². The van der Waals surface area contributed by atoms with Gasteiger partial charge in [0, 0.05) is 38.1 Å². The Morgan fingerprint density at radius 3 is 2.13 bits per heavy atom. The molecule has 2 fully saturated rings. The molecule has 2 aromatic rings. The van der Waals surface area contributed by atoms with Gasteiger partial charge in [0.1, 0.15) is 0 Å². The second-order valence-corrected chi connectivity index (χ2v) is 7.82. The van der Waals surface area contributed by atoms with Crippen LogP contribution in [0.3, 0.4) is 0 Å². The van der Waals surface area contributed by atoms with E-state index in [0.29, 0.717) is 24.1 Å². The van der Waals surface area contributed by atoms with Gasteiger partial charge in [-0.2, -0.15) is 5.26 Å². The molecule has 1 saturated carbocycles. The van der Waals surface area contributed by atoms with E-state index in [1.807, 2.05) is 29.2 Å². The predicted octanol–water partition coefficient (Wildman–Crippen LogP) is 3.29. The standard InChI is InChI=1S/C23H26N4O.2ClH/c1-26-10-12-27(13-11-26)23(28)16-25-22-14-21(22)20-8-6-19(7-9-20)18-4-2-17(15-24)3-5-18;;/h2-9,21-22,25H,10-14,16H2,1H3;2*1H/t21?,22-;;/m0../s1. The van der Waals surface area contributed by atoms with Crippen LogP contribution in [0.4, 0.5) is 0 Å². The summed E-state index contributed by atoms with van der Waals surface area (Å²) in [7, 11) is 2.10. The van der Waals surface area contributed by atoms with Gasteiger partial charge in [-0.3, -0.25) is 4.79 Å². The first-order valence-electron chi connectivity index (χ1n) is 9.94. The summed E-state index contributed by atoms with van der Waals surface area (Å²) in [5.41, 5.74) is 4.28. The molecule has 2 atom stereocenters. The van der Waals surface area contributed by atoms with Crippen LogP contribution in [0, 0.1) is 11.3 Å². The maximum absolute atomic E-state index is 12.4. The molecular weight excluding hydrogens is 419 g/mol. The minimum Gasteiger partial charge on any atom is -0.339 e. The number of hydrogen-bond acceptors (Lipinski definition) is 4. The Morgan fingerprint density at radius 2 is 1.57 bits per heavy atom. The predicted molar refractivity (Wildman–Crippen MR) is 124 cm³/mol. The third-order valence-electron chi connectivity index (χ3n) is 5.85. The van der Waals surface area contributed by atoms with Crippen molar-refractivity contribution in [1.82, 2.24) is 15.1 Å². The van der Waals surface area contributed by atoms with E-state index in [1.54, 1.807) is 0 Å². The Bertz CT molecular complexity index is 872. The lowest BCUT2D eigenvalue weighted by molar-refractivity contribution is -0.131. The molecule has 1 heterocycles. The van der Waals surface area contributed by atoms with Gasteiger partial charge in [-0.1, -0.05) is 36.4 Å². The van der Waals surface area contributed by atoms with Crippen molar-refractivity contribution in [2.75, 3.05) is 39.8 Å². The number of rotatable bonds is 5. The van der Waals surface area contributed by atoms with Crippen LogP contribution in [0.1, 0.15) is 23.5 Å². The molecule has 5 nitrogen and oxygen atoms in total. The number of halogens is 2. The van der Waals surface area contributed by atoms with Gasteiger partial charge in [-0.15, -0.1) is 24.8 Å². The second-order valence-electron chi connectivity index (χ2n) is 7.82. The lowest BCUT2D eigenvalue weighted by Gasteiger charge is -2.32. The quantitative estimate of drug-likeness (QED) is 0.765. The summed E-state index contributed by atoms with van der Waals surface area (Å²) < 4.78 is 0. The van der Waals surface area contributed by atoms with Gasteiger partial charge in [-0.25, -0.2) is 0 Å². The molecule has 0 radical (unpaired) electrons. The number of nitriles is 1. The summed E-state index contributed by atoms with van der Waals surface area (Å²) in [6.07, 6.45) is 1.09. The first-order valence-corrected chi connectivity index (χ1v) is 9.94. The molecule has 1 saturated heterocycles. The highest BCUT2D eigenvalue weighted by atomic mass is 35.5. The Morgan fingerprint density at radius 1 is 1.00 bits per heavy atom. The number of amides is 1. The first kappa shape index (κ1) is 24.2. The Hall–Kier alpha value is -2.10. The lowest BCUT2D eigenvalue weighted by atomic mass is 10.0. The van der Waals surface area contributed by atoms with Gasteiger partial charge in [0.05, 0.1) is 18.2 Å². The molecule has 2 aliphatic rings. The van der Waals surface area contributed by atoms with Gasteiger partial charge in [-0.05, 0) is 42.3 Å². The van der Waals surface area contributed by atoms with Crippen LogP contribution in [-0.2, 0) is 4.79 Å². The Labute approximate surface area is 190 Å². The molecule has 1 aliphatic heterocycles. The molecule has 30 heavy (non-hydrogen) atoms. The number of carbonyl (C=O) groups is 1. The monoisotopic (exact) mass is 446 g/mol. The number of hydrogen-bond donors (Lipinski definition) is 1. The van der Waals surface area contributed by atoms with Crippen LogP contribution >= 0.6 is 24.8 Å². The molecular formula is C23H28Cl2N4O. The zero-order valence-electron chi connectivity index (χ0n) is 17.1. The molecule has 1 unspecified atom stereocenters. The average molecular weight is 447 g/mol. The normalized spacial score (nSPS) is 20.5. The summed E-state index contributed by atoms with van der Waals surface area (Å²) in [5, 5.41) is 12.3. The Balaban J connectivity index is 0.00000160.